The molecule has 4 aromatic rings. The molecule has 0 aliphatic rings. The number of anilines is 3. The Morgan fingerprint density at radius 3 is 2.54 bits per heavy atom. The summed E-state index contributed by atoms with van der Waals surface area (Å²) in [5, 5.41) is 7.23. The number of nitrogens with two attached hydrogens (primary N) is 1. The molecule has 0 radical (unpaired) electrons. The second kappa shape index (κ2) is 6.44. The lowest BCUT2D eigenvalue weighted by Crippen LogP contribution is -2.13. The van der Waals surface area contributed by atoms with Crippen molar-refractivity contribution in [1.82, 2.24) is 24.7 Å². The molecule has 4 rings (SSSR count). The number of nitrogens with zero attached hydrogens (tertiary/aromatic N) is 5. The maximum atomic E-state index is 14.3. The molecule has 0 saturated carbocycles. The summed E-state index contributed by atoms with van der Waals surface area (Å²) in [6, 6.07) is 5.65. The Kier molecular flexibility index (Phi) is 4.06. The molecule has 3 heterocycles. The van der Waals surface area contributed by atoms with E-state index in [-0.39, 0.29) is 17.2 Å². The predicted molar refractivity (Wildman–Crippen MR) is 93.6 cm³/mol. The first kappa shape index (κ1) is 17.6. The van der Waals surface area contributed by atoms with Gasteiger partial charge in [-0.15, -0.1) is 0 Å². The van der Waals surface area contributed by atoms with E-state index in [1.807, 2.05) is 0 Å². The Morgan fingerprint density at radius 1 is 1.00 bits per heavy atom. The Labute approximate surface area is 154 Å². The summed E-state index contributed by atoms with van der Waals surface area (Å²) < 4.78 is 55.3. The molecule has 0 unspecified atom stereocenters. The molecule has 0 saturated heterocycles. The number of pyridine rings is 1. The zero-order chi connectivity index (χ0) is 19.9. The van der Waals surface area contributed by atoms with E-state index in [4.69, 9.17) is 5.73 Å². The maximum Gasteiger partial charge on any atom is 0.418 e. The number of hydrogen-bond acceptors (Lipinski definition) is 6. The van der Waals surface area contributed by atoms with Gasteiger partial charge in [-0.1, -0.05) is 6.07 Å². The summed E-state index contributed by atoms with van der Waals surface area (Å²) in [7, 11) is 0. The van der Waals surface area contributed by atoms with Gasteiger partial charge >= 0.3 is 6.18 Å². The zero-order valence-electron chi connectivity index (χ0n) is 13.9. The van der Waals surface area contributed by atoms with Gasteiger partial charge in [0.1, 0.15) is 35.3 Å². The van der Waals surface area contributed by atoms with Crippen molar-refractivity contribution < 1.29 is 17.6 Å². The Balaban J connectivity index is 1.84. The quantitative estimate of drug-likeness (QED) is 0.519. The van der Waals surface area contributed by atoms with Gasteiger partial charge in [0.05, 0.1) is 17.3 Å². The molecule has 28 heavy (non-hydrogen) atoms. The van der Waals surface area contributed by atoms with Crippen LogP contribution in [0.25, 0.3) is 16.6 Å². The third-order valence-corrected chi connectivity index (χ3v) is 3.90. The number of para-hydroxylation sites is 1. The molecule has 0 bridgehead atoms. The van der Waals surface area contributed by atoms with Crippen molar-refractivity contribution in [3.8, 4) is 5.69 Å². The van der Waals surface area contributed by atoms with Crippen molar-refractivity contribution in [3.05, 3.63) is 60.4 Å². The van der Waals surface area contributed by atoms with Crippen molar-refractivity contribution in [2.24, 2.45) is 0 Å². The van der Waals surface area contributed by atoms with Crippen LogP contribution in [0.1, 0.15) is 5.56 Å². The average molecular weight is 389 g/mol. The number of nitrogen functional groups attached to an aromatic ring is 1. The lowest BCUT2D eigenvalue weighted by molar-refractivity contribution is -0.137. The van der Waals surface area contributed by atoms with Gasteiger partial charge in [-0.2, -0.15) is 18.3 Å². The summed E-state index contributed by atoms with van der Waals surface area (Å²) >= 11 is 0. The number of rotatable bonds is 3. The third kappa shape index (κ3) is 3.17. The van der Waals surface area contributed by atoms with Crippen molar-refractivity contribution in [1.29, 1.82) is 0 Å². The smallest absolute Gasteiger partial charge is 0.384 e. The highest BCUT2D eigenvalue weighted by Crippen LogP contribution is 2.36. The van der Waals surface area contributed by atoms with E-state index >= 15 is 0 Å². The van der Waals surface area contributed by atoms with Crippen LogP contribution in [-0.4, -0.2) is 24.7 Å². The minimum Gasteiger partial charge on any atom is -0.384 e. The molecule has 7 nitrogen and oxygen atoms in total. The fraction of sp³-hybridized carbons (Fsp3) is 0.0588. The number of halogens is 4. The van der Waals surface area contributed by atoms with Gasteiger partial charge in [-0.25, -0.2) is 24.0 Å². The van der Waals surface area contributed by atoms with E-state index in [1.54, 1.807) is 0 Å². The first-order valence-electron chi connectivity index (χ1n) is 7.87. The monoisotopic (exact) mass is 389 g/mol. The van der Waals surface area contributed by atoms with E-state index in [9.17, 15) is 17.6 Å². The van der Waals surface area contributed by atoms with Crippen LogP contribution in [0, 0.1) is 5.82 Å². The molecular weight excluding hydrogens is 378 g/mol. The van der Waals surface area contributed by atoms with Crippen molar-refractivity contribution >= 4 is 28.4 Å². The number of aromatic nitrogens is 5. The molecule has 3 aromatic heterocycles. The van der Waals surface area contributed by atoms with E-state index in [0.29, 0.717) is 11.2 Å². The molecule has 0 fully saturated rings. The first-order valence-corrected chi connectivity index (χ1v) is 7.87. The molecule has 3 N–H and O–H groups in total. The van der Waals surface area contributed by atoms with E-state index < -0.39 is 23.2 Å². The van der Waals surface area contributed by atoms with Crippen molar-refractivity contribution in [3.63, 3.8) is 0 Å². The van der Waals surface area contributed by atoms with Crippen molar-refractivity contribution in [2.75, 3.05) is 11.1 Å². The highest BCUT2D eigenvalue weighted by molar-refractivity contribution is 5.82. The molecule has 0 aliphatic carbocycles. The first-order chi connectivity index (χ1) is 13.3. The Morgan fingerprint density at radius 2 is 1.79 bits per heavy atom. The van der Waals surface area contributed by atoms with Gasteiger partial charge in [0.25, 0.3) is 0 Å². The van der Waals surface area contributed by atoms with Crippen LogP contribution in [0.15, 0.2) is 49.1 Å². The van der Waals surface area contributed by atoms with Crippen LogP contribution < -0.4 is 11.1 Å². The summed E-state index contributed by atoms with van der Waals surface area (Å²) in [5.41, 5.74) is 4.00. The number of benzene rings is 1. The third-order valence-electron chi connectivity index (χ3n) is 3.90. The number of hydrogen-bond donors (Lipinski definition) is 2. The SMILES string of the molecule is Nc1cc(Nc2cc3c(cn2)cnn3-c2c(F)cccc2C(F)(F)F)ncn1. The number of alkyl halides is 3. The average Bonchev–Trinajstić information content (AvgIpc) is 3.04. The van der Waals surface area contributed by atoms with Crippen LogP contribution in [0.5, 0.6) is 0 Å². The van der Waals surface area contributed by atoms with Crippen LogP contribution in [-0.2, 0) is 6.18 Å². The largest absolute Gasteiger partial charge is 0.418 e. The normalized spacial score (nSPS) is 11.7. The lowest BCUT2D eigenvalue weighted by Gasteiger charge is -2.14. The van der Waals surface area contributed by atoms with Crippen LogP contribution in [0.4, 0.5) is 35.0 Å². The fourth-order valence-corrected chi connectivity index (χ4v) is 2.70. The molecule has 1 aromatic carbocycles. The fourth-order valence-electron chi connectivity index (χ4n) is 2.70. The topological polar surface area (TPSA) is 94.5 Å². The summed E-state index contributed by atoms with van der Waals surface area (Å²) in [5.74, 6) is -0.218. The minimum absolute atomic E-state index is 0.227. The highest BCUT2D eigenvalue weighted by Gasteiger charge is 2.36. The van der Waals surface area contributed by atoms with Crippen molar-refractivity contribution in [2.45, 2.75) is 6.18 Å². The number of fused-ring (bicyclic) bond motifs is 1. The number of nitrogens with one attached hydrogen (secondary N) is 1. The molecule has 0 aliphatic heterocycles. The molecule has 0 atom stereocenters. The van der Waals surface area contributed by atoms with Gasteiger partial charge in [-0.05, 0) is 12.1 Å². The van der Waals surface area contributed by atoms with E-state index in [1.165, 1.54) is 30.9 Å². The standard InChI is InChI=1S/C17H11F4N7/c18-11-3-1-2-10(17(19,20)21)16(11)28-12-4-14(23-6-9(12)7-26-28)27-15-5-13(22)24-8-25-15/h1-8H,(H3,22,23,24,25,27). The minimum atomic E-state index is -4.75. The molecule has 11 heteroatoms. The van der Waals surface area contributed by atoms with Crippen LogP contribution >= 0.6 is 0 Å². The van der Waals surface area contributed by atoms with Crippen LogP contribution in [0.3, 0.4) is 0 Å². The molecule has 0 amide bonds. The maximum absolute atomic E-state index is 14.3. The Bertz CT molecular complexity index is 1170. The summed E-state index contributed by atoms with van der Waals surface area (Å²) in [6.45, 7) is 0. The molecule has 142 valence electrons. The van der Waals surface area contributed by atoms with Gasteiger partial charge in [0.2, 0.25) is 0 Å². The lowest BCUT2D eigenvalue weighted by atomic mass is 10.1. The molecule has 0 spiro atoms. The Hall–Kier alpha value is -3.76. The van der Waals surface area contributed by atoms with Gasteiger partial charge < -0.3 is 11.1 Å². The second-order valence-electron chi connectivity index (χ2n) is 5.77. The predicted octanol–water partition coefficient (Wildman–Crippen LogP) is 3.69. The van der Waals surface area contributed by atoms with Gasteiger partial charge in [0.15, 0.2) is 0 Å². The second-order valence-corrected chi connectivity index (χ2v) is 5.77. The van der Waals surface area contributed by atoms with E-state index in [0.717, 1.165) is 22.9 Å². The van der Waals surface area contributed by atoms with Gasteiger partial charge in [0, 0.05) is 23.7 Å². The van der Waals surface area contributed by atoms with E-state index in [2.05, 4.69) is 25.4 Å². The highest BCUT2D eigenvalue weighted by atomic mass is 19.4. The zero-order valence-corrected chi connectivity index (χ0v) is 13.9. The summed E-state index contributed by atoms with van der Waals surface area (Å²) in [6.07, 6.45) is -0.793. The van der Waals surface area contributed by atoms with Crippen LogP contribution in [0.2, 0.25) is 0 Å². The summed E-state index contributed by atoms with van der Waals surface area (Å²) in [4.78, 5) is 11.9. The molecular formula is C17H11F4N7. The van der Waals surface area contributed by atoms with Gasteiger partial charge in [-0.3, -0.25) is 0 Å².